The summed E-state index contributed by atoms with van der Waals surface area (Å²) in [6.45, 7) is 6.47. The van der Waals surface area contributed by atoms with E-state index in [1.807, 2.05) is 0 Å². The fourth-order valence-electron chi connectivity index (χ4n) is 2.14. The fraction of sp³-hybridized carbons (Fsp3) is 0.750. The Hall–Kier alpha value is -0.410. The van der Waals surface area contributed by atoms with Crippen molar-refractivity contribution in [2.45, 2.75) is 46.1 Å². The molecule has 0 aromatic carbocycles. The number of nitrogens with one attached hydrogen (secondary N) is 1. The lowest BCUT2D eigenvalue weighted by Crippen LogP contribution is -2.23. The first-order chi connectivity index (χ1) is 7.24. The lowest BCUT2D eigenvalue weighted by atomic mass is 10.0. The second-order valence-corrected chi connectivity index (χ2v) is 5.68. The SMILES string of the molecule is CCCC1(CNCc2nc(C)cs2)CC1. The molecule has 1 fully saturated rings. The number of hydrogen-bond acceptors (Lipinski definition) is 3. The Labute approximate surface area is 96.1 Å². The average Bonchev–Trinajstić information content (AvgIpc) is 2.83. The van der Waals surface area contributed by atoms with Crippen LogP contribution in [0.25, 0.3) is 0 Å². The molecule has 1 aliphatic rings. The maximum Gasteiger partial charge on any atom is 0.107 e. The summed E-state index contributed by atoms with van der Waals surface area (Å²) in [6, 6.07) is 0. The van der Waals surface area contributed by atoms with Gasteiger partial charge >= 0.3 is 0 Å². The summed E-state index contributed by atoms with van der Waals surface area (Å²) in [5.74, 6) is 0. The Kier molecular flexibility index (Phi) is 3.42. The molecule has 0 unspecified atom stereocenters. The fourth-order valence-corrected chi connectivity index (χ4v) is 2.88. The van der Waals surface area contributed by atoms with Gasteiger partial charge in [-0.3, -0.25) is 0 Å². The van der Waals surface area contributed by atoms with Gasteiger partial charge in [0.1, 0.15) is 5.01 Å². The monoisotopic (exact) mass is 224 g/mol. The minimum Gasteiger partial charge on any atom is -0.310 e. The van der Waals surface area contributed by atoms with E-state index < -0.39 is 0 Å². The highest BCUT2D eigenvalue weighted by Crippen LogP contribution is 2.48. The third-order valence-electron chi connectivity index (χ3n) is 3.18. The molecule has 1 aliphatic carbocycles. The molecule has 1 saturated carbocycles. The van der Waals surface area contributed by atoms with Crippen LogP contribution in [0.2, 0.25) is 0 Å². The van der Waals surface area contributed by atoms with Crippen LogP contribution in [0.15, 0.2) is 5.38 Å². The highest BCUT2D eigenvalue weighted by molar-refractivity contribution is 7.09. The molecule has 0 amide bonds. The van der Waals surface area contributed by atoms with Crippen molar-refractivity contribution in [1.82, 2.24) is 10.3 Å². The first-order valence-corrected chi connectivity index (χ1v) is 6.74. The van der Waals surface area contributed by atoms with Gasteiger partial charge < -0.3 is 5.32 Å². The molecular weight excluding hydrogens is 204 g/mol. The van der Waals surface area contributed by atoms with Crippen LogP contribution in [0.5, 0.6) is 0 Å². The van der Waals surface area contributed by atoms with Crippen LogP contribution in [0, 0.1) is 12.3 Å². The van der Waals surface area contributed by atoms with Crippen LogP contribution in [0.1, 0.15) is 43.3 Å². The van der Waals surface area contributed by atoms with Gasteiger partial charge in [-0.2, -0.15) is 0 Å². The lowest BCUT2D eigenvalue weighted by molar-refractivity contribution is 0.420. The summed E-state index contributed by atoms with van der Waals surface area (Å²) >= 11 is 1.76. The van der Waals surface area contributed by atoms with Crippen LogP contribution in [-0.2, 0) is 6.54 Å². The first-order valence-electron chi connectivity index (χ1n) is 5.86. The van der Waals surface area contributed by atoms with Crippen LogP contribution >= 0.6 is 11.3 Å². The number of hydrogen-bond donors (Lipinski definition) is 1. The van der Waals surface area contributed by atoms with Gasteiger partial charge in [-0.15, -0.1) is 11.3 Å². The Morgan fingerprint density at radius 2 is 2.33 bits per heavy atom. The summed E-state index contributed by atoms with van der Waals surface area (Å²) < 4.78 is 0. The zero-order valence-corrected chi connectivity index (χ0v) is 10.5. The molecule has 2 nitrogen and oxygen atoms in total. The van der Waals surface area contributed by atoms with Gasteiger partial charge in [0.2, 0.25) is 0 Å². The molecule has 2 rings (SSSR count). The Bertz CT molecular complexity index is 315. The zero-order valence-electron chi connectivity index (χ0n) is 9.68. The Morgan fingerprint density at radius 1 is 1.53 bits per heavy atom. The molecular formula is C12H20N2S. The van der Waals surface area contributed by atoms with Gasteiger partial charge in [-0.1, -0.05) is 13.3 Å². The van der Waals surface area contributed by atoms with E-state index in [4.69, 9.17) is 0 Å². The minimum atomic E-state index is 0.654. The van der Waals surface area contributed by atoms with Crippen molar-refractivity contribution in [3.05, 3.63) is 16.1 Å². The molecule has 1 heterocycles. The van der Waals surface area contributed by atoms with Gasteiger partial charge in [-0.25, -0.2) is 4.98 Å². The van der Waals surface area contributed by atoms with E-state index in [-0.39, 0.29) is 0 Å². The van der Waals surface area contributed by atoms with E-state index in [0.29, 0.717) is 5.41 Å². The van der Waals surface area contributed by atoms with E-state index in [9.17, 15) is 0 Å². The van der Waals surface area contributed by atoms with Crippen molar-refractivity contribution in [2.75, 3.05) is 6.54 Å². The number of aryl methyl sites for hydroxylation is 1. The second-order valence-electron chi connectivity index (χ2n) is 4.74. The van der Waals surface area contributed by atoms with Crippen molar-refractivity contribution in [3.8, 4) is 0 Å². The number of aromatic nitrogens is 1. The lowest BCUT2D eigenvalue weighted by Gasteiger charge is -2.13. The Balaban J connectivity index is 1.71. The molecule has 0 spiro atoms. The molecule has 3 heteroatoms. The quantitative estimate of drug-likeness (QED) is 0.803. The Morgan fingerprint density at radius 3 is 2.87 bits per heavy atom. The van der Waals surface area contributed by atoms with Crippen LogP contribution in [-0.4, -0.2) is 11.5 Å². The van der Waals surface area contributed by atoms with Crippen molar-refractivity contribution in [2.24, 2.45) is 5.41 Å². The van der Waals surface area contributed by atoms with Crippen molar-refractivity contribution < 1.29 is 0 Å². The van der Waals surface area contributed by atoms with Crippen LogP contribution in [0.4, 0.5) is 0 Å². The molecule has 1 N–H and O–H groups in total. The number of thiazole rings is 1. The predicted octanol–water partition coefficient (Wildman–Crippen LogP) is 3.12. The molecule has 1 aromatic rings. The van der Waals surface area contributed by atoms with Crippen molar-refractivity contribution in [1.29, 1.82) is 0 Å². The molecule has 0 bridgehead atoms. The number of rotatable bonds is 6. The normalized spacial score (nSPS) is 18.0. The van der Waals surface area contributed by atoms with Gasteiger partial charge in [0, 0.05) is 24.2 Å². The maximum absolute atomic E-state index is 4.45. The van der Waals surface area contributed by atoms with E-state index in [1.54, 1.807) is 11.3 Å². The topological polar surface area (TPSA) is 24.9 Å². The van der Waals surface area contributed by atoms with Gasteiger partial charge in [0.25, 0.3) is 0 Å². The molecule has 15 heavy (non-hydrogen) atoms. The smallest absolute Gasteiger partial charge is 0.107 e. The van der Waals surface area contributed by atoms with E-state index in [0.717, 1.165) is 12.2 Å². The van der Waals surface area contributed by atoms with Crippen molar-refractivity contribution >= 4 is 11.3 Å². The highest BCUT2D eigenvalue weighted by atomic mass is 32.1. The molecule has 84 valence electrons. The van der Waals surface area contributed by atoms with E-state index in [2.05, 4.69) is 29.5 Å². The summed E-state index contributed by atoms with van der Waals surface area (Å²) in [4.78, 5) is 4.45. The number of nitrogens with zero attached hydrogens (tertiary/aromatic N) is 1. The highest BCUT2D eigenvalue weighted by Gasteiger charge is 2.40. The first kappa shape index (κ1) is 11.1. The summed E-state index contributed by atoms with van der Waals surface area (Å²) in [5.41, 5.74) is 1.80. The standard InChI is InChI=1S/C12H20N2S/c1-3-4-12(5-6-12)9-13-7-11-14-10(2)8-15-11/h8,13H,3-7,9H2,1-2H3. The zero-order chi connectivity index (χ0) is 10.7. The largest absolute Gasteiger partial charge is 0.310 e. The van der Waals surface area contributed by atoms with E-state index in [1.165, 1.54) is 37.2 Å². The molecule has 0 atom stereocenters. The van der Waals surface area contributed by atoms with Crippen LogP contribution in [0.3, 0.4) is 0 Å². The molecule has 1 aromatic heterocycles. The van der Waals surface area contributed by atoms with Gasteiger partial charge in [-0.05, 0) is 31.6 Å². The third-order valence-corrected chi connectivity index (χ3v) is 4.15. The van der Waals surface area contributed by atoms with E-state index >= 15 is 0 Å². The van der Waals surface area contributed by atoms with Gasteiger partial charge in [0.05, 0.1) is 0 Å². The predicted molar refractivity (Wildman–Crippen MR) is 65.1 cm³/mol. The average molecular weight is 224 g/mol. The summed E-state index contributed by atoms with van der Waals surface area (Å²) in [7, 11) is 0. The molecule has 0 saturated heterocycles. The molecule has 0 aliphatic heterocycles. The summed E-state index contributed by atoms with van der Waals surface area (Å²) in [5, 5.41) is 6.89. The van der Waals surface area contributed by atoms with Gasteiger partial charge in [0.15, 0.2) is 0 Å². The summed E-state index contributed by atoms with van der Waals surface area (Å²) in [6.07, 6.45) is 5.55. The van der Waals surface area contributed by atoms with Crippen molar-refractivity contribution in [3.63, 3.8) is 0 Å². The minimum absolute atomic E-state index is 0.654. The molecule has 0 radical (unpaired) electrons. The second kappa shape index (κ2) is 4.62. The maximum atomic E-state index is 4.45. The van der Waals surface area contributed by atoms with Crippen LogP contribution < -0.4 is 5.32 Å². The third kappa shape index (κ3) is 3.02.